The lowest BCUT2D eigenvalue weighted by molar-refractivity contribution is 0.187. The molecule has 2 saturated heterocycles. The van der Waals surface area contributed by atoms with Gasteiger partial charge >= 0.3 is 0 Å². The molecule has 0 aromatic carbocycles. The molecule has 0 aromatic heterocycles. The third-order valence-corrected chi connectivity index (χ3v) is 3.38. The summed E-state index contributed by atoms with van der Waals surface area (Å²) in [6, 6.07) is 0.531. The molecule has 2 rings (SSSR count). The highest BCUT2D eigenvalue weighted by Crippen LogP contribution is 2.13. The summed E-state index contributed by atoms with van der Waals surface area (Å²) in [5.74, 6) is 0. The maximum Gasteiger partial charge on any atom is 0.0680 e. The van der Waals surface area contributed by atoms with Crippen LogP contribution in [0.4, 0.5) is 0 Å². The van der Waals surface area contributed by atoms with Gasteiger partial charge in [0.25, 0.3) is 0 Å². The zero-order chi connectivity index (χ0) is 9.80. The molecule has 0 saturated carbocycles. The SMILES string of the molecule is OC1CNC(CN2CCCCCC2)C1. The van der Waals surface area contributed by atoms with Gasteiger partial charge in [-0.05, 0) is 32.4 Å². The minimum absolute atomic E-state index is 0.105. The fourth-order valence-electron chi connectivity index (χ4n) is 2.57. The normalized spacial score (nSPS) is 35.8. The van der Waals surface area contributed by atoms with Crippen LogP contribution in [0.1, 0.15) is 32.1 Å². The van der Waals surface area contributed by atoms with Crippen LogP contribution in [0.2, 0.25) is 0 Å². The van der Waals surface area contributed by atoms with Gasteiger partial charge in [-0.1, -0.05) is 12.8 Å². The highest BCUT2D eigenvalue weighted by Gasteiger charge is 2.23. The van der Waals surface area contributed by atoms with Crippen LogP contribution in [0.3, 0.4) is 0 Å². The first-order chi connectivity index (χ1) is 6.84. The van der Waals surface area contributed by atoms with Crippen molar-refractivity contribution < 1.29 is 5.11 Å². The van der Waals surface area contributed by atoms with Gasteiger partial charge in [0.15, 0.2) is 0 Å². The Hall–Kier alpha value is -0.120. The molecule has 2 N–H and O–H groups in total. The molecule has 14 heavy (non-hydrogen) atoms. The number of rotatable bonds is 2. The number of likely N-dealkylation sites (tertiary alicyclic amines) is 1. The summed E-state index contributed by atoms with van der Waals surface area (Å²) in [5.41, 5.74) is 0. The van der Waals surface area contributed by atoms with Gasteiger partial charge in [-0.25, -0.2) is 0 Å². The van der Waals surface area contributed by atoms with Gasteiger partial charge < -0.3 is 15.3 Å². The van der Waals surface area contributed by atoms with Crippen molar-refractivity contribution in [2.75, 3.05) is 26.2 Å². The summed E-state index contributed by atoms with van der Waals surface area (Å²) in [7, 11) is 0. The molecule has 0 bridgehead atoms. The van der Waals surface area contributed by atoms with E-state index in [4.69, 9.17) is 0 Å². The molecule has 2 heterocycles. The lowest BCUT2D eigenvalue weighted by Gasteiger charge is -2.23. The second kappa shape index (κ2) is 5.10. The molecule has 0 spiro atoms. The second-order valence-electron chi connectivity index (χ2n) is 4.71. The molecule has 0 radical (unpaired) electrons. The van der Waals surface area contributed by atoms with Gasteiger partial charge in [0.2, 0.25) is 0 Å². The summed E-state index contributed by atoms with van der Waals surface area (Å²) in [5, 5.41) is 12.8. The zero-order valence-corrected chi connectivity index (χ0v) is 8.91. The van der Waals surface area contributed by atoms with Crippen LogP contribution < -0.4 is 5.32 Å². The summed E-state index contributed by atoms with van der Waals surface area (Å²) in [6.07, 6.45) is 6.35. The lowest BCUT2D eigenvalue weighted by Crippen LogP contribution is -2.37. The largest absolute Gasteiger partial charge is 0.392 e. The van der Waals surface area contributed by atoms with Gasteiger partial charge in [0, 0.05) is 19.1 Å². The van der Waals surface area contributed by atoms with Crippen molar-refractivity contribution >= 4 is 0 Å². The first-order valence-electron chi connectivity index (χ1n) is 5.98. The van der Waals surface area contributed by atoms with E-state index in [9.17, 15) is 5.11 Å². The number of aliphatic hydroxyl groups is 1. The maximum atomic E-state index is 9.40. The molecule has 82 valence electrons. The molecule has 0 amide bonds. The summed E-state index contributed by atoms with van der Waals surface area (Å²) < 4.78 is 0. The van der Waals surface area contributed by atoms with E-state index in [1.165, 1.54) is 38.8 Å². The highest BCUT2D eigenvalue weighted by molar-refractivity contribution is 4.83. The van der Waals surface area contributed by atoms with Crippen molar-refractivity contribution in [2.45, 2.75) is 44.2 Å². The summed E-state index contributed by atoms with van der Waals surface area (Å²) in [6.45, 7) is 4.44. The Kier molecular flexibility index (Phi) is 3.79. The topological polar surface area (TPSA) is 35.5 Å². The van der Waals surface area contributed by atoms with Gasteiger partial charge in [-0.3, -0.25) is 0 Å². The van der Waals surface area contributed by atoms with Crippen molar-refractivity contribution in [3.63, 3.8) is 0 Å². The van der Waals surface area contributed by atoms with Crippen LogP contribution in [0.15, 0.2) is 0 Å². The van der Waals surface area contributed by atoms with Gasteiger partial charge in [0.1, 0.15) is 0 Å². The number of β-amino-alcohol motifs (C(OH)–C–C–N with tert-alkyl or cyclic N) is 1. The Bertz CT molecular complexity index is 167. The molecule has 0 aromatic rings. The monoisotopic (exact) mass is 198 g/mol. The minimum atomic E-state index is -0.105. The molecule has 2 aliphatic rings. The van der Waals surface area contributed by atoms with E-state index in [1.807, 2.05) is 0 Å². The first-order valence-corrected chi connectivity index (χ1v) is 5.98. The van der Waals surface area contributed by atoms with Crippen LogP contribution >= 0.6 is 0 Å². The van der Waals surface area contributed by atoms with Gasteiger partial charge in [-0.15, -0.1) is 0 Å². The second-order valence-corrected chi connectivity index (χ2v) is 4.71. The number of aliphatic hydroxyl groups excluding tert-OH is 1. The Labute approximate surface area is 86.5 Å². The standard InChI is InChI=1S/C11H22N2O/c14-11-7-10(12-8-11)9-13-5-3-1-2-4-6-13/h10-12,14H,1-9H2. The molecule has 2 aliphatic heterocycles. The predicted octanol–water partition coefficient (Wildman–Crippen LogP) is 0.585. The van der Waals surface area contributed by atoms with E-state index in [2.05, 4.69) is 10.2 Å². The number of nitrogens with one attached hydrogen (secondary N) is 1. The molecule has 3 nitrogen and oxygen atoms in total. The average molecular weight is 198 g/mol. The highest BCUT2D eigenvalue weighted by atomic mass is 16.3. The Morgan fingerprint density at radius 1 is 1.14 bits per heavy atom. The quantitative estimate of drug-likeness (QED) is 0.681. The lowest BCUT2D eigenvalue weighted by atomic mass is 10.2. The van der Waals surface area contributed by atoms with E-state index in [-0.39, 0.29) is 6.10 Å². The number of hydrogen-bond donors (Lipinski definition) is 2. The molecule has 0 aliphatic carbocycles. The Morgan fingerprint density at radius 2 is 1.86 bits per heavy atom. The van der Waals surface area contributed by atoms with Crippen LogP contribution in [-0.4, -0.2) is 48.3 Å². The van der Waals surface area contributed by atoms with Crippen molar-refractivity contribution in [3.05, 3.63) is 0 Å². The van der Waals surface area contributed by atoms with Crippen LogP contribution in [0.25, 0.3) is 0 Å². The van der Waals surface area contributed by atoms with Crippen LogP contribution in [0.5, 0.6) is 0 Å². The predicted molar refractivity (Wildman–Crippen MR) is 57.3 cm³/mol. The van der Waals surface area contributed by atoms with Crippen molar-refractivity contribution in [1.82, 2.24) is 10.2 Å². The van der Waals surface area contributed by atoms with Crippen molar-refractivity contribution in [1.29, 1.82) is 0 Å². The van der Waals surface area contributed by atoms with E-state index < -0.39 is 0 Å². The third kappa shape index (κ3) is 2.94. The molecule has 2 fully saturated rings. The molecular formula is C11H22N2O. The van der Waals surface area contributed by atoms with E-state index in [0.29, 0.717) is 6.04 Å². The smallest absolute Gasteiger partial charge is 0.0680 e. The minimum Gasteiger partial charge on any atom is -0.392 e. The van der Waals surface area contributed by atoms with Gasteiger partial charge in [0.05, 0.1) is 6.10 Å². The summed E-state index contributed by atoms with van der Waals surface area (Å²) >= 11 is 0. The van der Waals surface area contributed by atoms with Crippen molar-refractivity contribution in [2.24, 2.45) is 0 Å². The average Bonchev–Trinajstić information content (AvgIpc) is 2.43. The third-order valence-electron chi connectivity index (χ3n) is 3.38. The number of nitrogens with zero attached hydrogens (tertiary/aromatic N) is 1. The Morgan fingerprint density at radius 3 is 2.43 bits per heavy atom. The number of hydrogen-bond acceptors (Lipinski definition) is 3. The molecule has 2 atom stereocenters. The fourth-order valence-corrected chi connectivity index (χ4v) is 2.57. The molecular weight excluding hydrogens is 176 g/mol. The van der Waals surface area contributed by atoms with Gasteiger partial charge in [-0.2, -0.15) is 0 Å². The molecule has 3 heteroatoms. The van der Waals surface area contributed by atoms with E-state index in [0.717, 1.165) is 19.5 Å². The van der Waals surface area contributed by atoms with E-state index >= 15 is 0 Å². The zero-order valence-electron chi connectivity index (χ0n) is 8.91. The maximum absolute atomic E-state index is 9.40. The Balaban J connectivity index is 1.72. The molecule has 2 unspecified atom stereocenters. The fraction of sp³-hybridized carbons (Fsp3) is 1.00. The van der Waals surface area contributed by atoms with Crippen LogP contribution in [-0.2, 0) is 0 Å². The van der Waals surface area contributed by atoms with Crippen molar-refractivity contribution in [3.8, 4) is 0 Å². The first kappa shape index (κ1) is 10.4. The summed E-state index contributed by atoms with van der Waals surface area (Å²) in [4.78, 5) is 2.56. The van der Waals surface area contributed by atoms with Crippen LogP contribution in [0, 0.1) is 0 Å². The van der Waals surface area contributed by atoms with E-state index in [1.54, 1.807) is 0 Å².